The summed E-state index contributed by atoms with van der Waals surface area (Å²) < 4.78 is 0. The molecule has 0 aromatic carbocycles. The summed E-state index contributed by atoms with van der Waals surface area (Å²) in [6.07, 6.45) is -0.0508. The number of amides is 1. The van der Waals surface area contributed by atoms with E-state index in [9.17, 15) is 9.59 Å². The average molecular weight is 224 g/mol. The third-order valence-corrected chi connectivity index (χ3v) is 1.88. The molecule has 0 aliphatic carbocycles. The molecule has 0 fully saturated rings. The minimum Gasteiger partial charge on any atom is -0.369 e. The summed E-state index contributed by atoms with van der Waals surface area (Å²) in [5.74, 6) is -0.210. The molecule has 0 bridgehead atoms. The van der Waals surface area contributed by atoms with Crippen molar-refractivity contribution in [3.8, 4) is 0 Å². The summed E-state index contributed by atoms with van der Waals surface area (Å²) in [7, 11) is 0. The van der Waals surface area contributed by atoms with Crippen LogP contribution in [0.2, 0.25) is 0 Å². The lowest BCUT2D eigenvalue weighted by molar-refractivity contribution is -0.117. The summed E-state index contributed by atoms with van der Waals surface area (Å²) >= 11 is 0. The number of nitrogens with one attached hydrogen (secondary N) is 2. The van der Waals surface area contributed by atoms with Gasteiger partial charge in [0.1, 0.15) is 5.82 Å². The first kappa shape index (κ1) is 12.4. The average Bonchev–Trinajstić information content (AvgIpc) is 2.12. The van der Waals surface area contributed by atoms with Gasteiger partial charge in [0.15, 0.2) is 0 Å². The number of carbonyl (C=O) groups is 1. The van der Waals surface area contributed by atoms with Gasteiger partial charge in [-0.3, -0.25) is 9.59 Å². The van der Waals surface area contributed by atoms with E-state index in [1.54, 1.807) is 0 Å². The number of hydrogen-bond acceptors (Lipinski definition) is 4. The normalized spacial score (nSPS) is 10.7. The SMILES string of the molecule is CC(C)NCc1cc(=O)[nH]c(CC(N)=O)n1. The van der Waals surface area contributed by atoms with Crippen LogP contribution in [0.1, 0.15) is 25.4 Å². The Morgan fingerprint density at radius 2 is 2.31 bits per heavy atom. The lowest BCUT2D eigenvalue weighted by Crippen LogP contribution is -2.25. The largest absolute Gasteiger partial charge is 0.369 e. The molecule has 1 heterocycles. The van der Waals surface area contributed by atoms with Crippen molar-refractivity contribution in [3.05, 3.63) is 27.9 Å². The fourth-order valence-electron chi connectivity index (χ4n) is 1.21. The fourth-order valence-corrected chi connectivity index (χ4v) is 1.21. The minimum absolute atomic E-state index is 0.0508. The molecule has 4 N–H and O–H groups in total. The van der Waals surface area contributed by atoms with Gasteiger partial charge in [-0.1, -0.05) is 13.8 Å². The molecule has 1 rings (SSSR count). The molecule has 0 atom stereocenters. The van der Waals surface area contributed by atoms with Crippen molar-refractivity contribution in [1.82, 2.24) is 15.3 Å². The predicted octanol–water partition coefficient (Wildman–Crippen LogP) is -0.704. The molecular formula is C10H16N4O2. The highest BCUT2D eigenvalue weighted by Gasteiger charge is 2.04. The molecule has 6 nitrogen and oxygen atoms in total. The van der Waals surface area contributed by atoms with Gasteiger partial charge < -0.3 is 16.0 Å². The smallest absolute Gasteiger partial charge is 0.251 e. The first-order valence-electron chi connectivity index (χ1n) is 5.08. The molecule has 16 heavy (non-hydrogen) atoms. The van der Waals surface area contributed by atoms with E-state index in [0.717, 1.165) is 0 Å². The Morgan fingerprint density at radius 3 is 2.88 bits per heavy atom. The Kier molecular flexibility index (Phi) is 4.19. The maximum absolute atomic E-state index is 11.3. The molecule has 0 aliphatic rings. The van der Waals surface area contributed by atoms with Crippen LogP contribution in [0, 0.1) is 0 Å². The van der Waals surface area contributed by atoms with Crippen LogP contribution in [0.4, 0.5) is 0 Å². The lowest BCUT2D eigenvalue weighted by atomic mass is 10.3. The number of rotatable bonds is 5. The fraction of sp³-hybridized carbons (Fsp3) is 0.500. The first-order valence-corrected chi connectivity index (χ1v) is 5.08. The van der Waals surface area contributed by atoms with Crippen LogP contribution < -0.4 is 16.6 Å². The zero-order valence-electron chi connectivity index (χ0n) is 9.41. The molecule has 1 aromatic heterocycles. The molecular weight excluding hydrogens is 208 g/mol. The molecule has 6 heteroatoms. The maximum atomic E-state index is 11.3. The zero-order valence-corrected chi connectivity index (χ0v) is 9.41. The Balaban J connectivity index is 2.81. The van der Waals surface area contributed by atoms with Crippen molar-refractivity contribution >= 4 is 5.91 Å². The van der Waals surface area contributed by atoms with E-state index < -0.39 is 5.91 Å². The van der Waals surface area contributed by atoms with E-state index >= 15 is 0 Å². The molecule has 0 radical (unpaired) electrons. The Bertz CT molecular complexity index is 425. The number of nitrogens with zero attached hydrogens (tertiary/aromatic N) is 1. The van der Waals surface area contributed by atoms with Gasteiger partial charge in [-0.25, -0.2) is 4.98 Å². The van der Waals surface area contributed by atoms with Crippen LogP contribution in [-0.2, 0) is 17.8 Å². The van der Waals surface area contributed by atoms with Crippen molar-refractivity contribution < 1.29 is 4.79 Å². The standard InChI is InChI=1S/C10H16N4O2/c1-6(2)12-5-7-3-10(16)14-9(13-7)4-8(11)15/h3,6,12H,4-5H2,1-2H3,(H2,11,15)(H,13,14,16). The number of nitrogens with two attached hydrogens (primary N) is 1. The quantitative estimate of drug-likeness (QED) is 0.615. The van der Waals surface area contributed by atoms with Gasteiger partial charge in [-0.15, -0.1) is 0 Å². The zero-order chi connectivity index (χ0) is 12.1. The molecule has 0 saturated heterocycles. The maximum Gasteiger partial charge on any atom is 0.251 e. The second-order valence-corrected chi connectivity index (χ2v) is 3.86. The van der Waals surface area contributed by atoms with E-state index in [4.69, 9.17) is 5.73 Å². The number of aromatic nitrogens is 2. The van der Waals surface area contributed by atoms with Crippen molar-refractivity contribution in [2.45, 2.75) is 32.9 Å². The second-order valence-electron chi connectivity index (χ2n) is 3.86. The van der Waals surface area contributed by atoms with Crippen LogP contribution in [0.3, 0.4) is 0 Å². The Hall–Kier alpha value is -1.69. The highest BCUT2D eigenvalue weighted by molar-refractivity contribution is 5.75. The lowest BCUT2D eigenvalue weighted by Gasteiger charge is -2.07. The van der Waals surface area contributed by atoms with Crippen molar-refractivity contribution in [1.29, 1.82) is 0 Å². The van der Waals surface area contributed by atoms with Crippen LogP contribution in [-0.4, -0.2) is 21.9 Å². The summed E-state index contributed by atoms with van der Waals surface area (Å²) in [5, 5.41) is 3.14. The second kappa shape index (κ2) is 5.41. The van der Waals surface area contributed by atoms with Crippen LogP contribution in [0.15, 0.2) is 10.9 Å². The van der Waals surface area contributed by atoms with E-state index in [1.165, 1.54) is 6.07 Å². The van der Waals surface area contributed by atoms with Gasteiger partial charge in [0.25, 0.3) is 5.56 Å². The number of hydrogen-bond donors (Lipinski definition) is 3. The molecule has 1 aromatic rings. The summed E-state index contributed by atoms with van der Waals surface area (Å²) in [6, 6.07) is 1.71. The minimum atomic E-state index is -0.517. The first-order chi connectivity index (χ1) is 7.47. The van der Waals surface area contributed by atoms with E-state index in [0.29, 0.717) is 24.1 Å². The van der Waals surface area contributed by atoms with Crippen molar-refractivity contribution in [2.75, 3.05) is 0 Å². The topological polar surface area (TPSA) is 101 Å². The summed E-state index contributed by atoms with van der Waals surface area (Å²) in [6.45, 7) is 4.49. The molecule has 0 aliphatic heterocycles. The van der Waals surface area contributed by atoms with Gasteiger partial charge in [-0.2, -0.15) is 0 Å². The van der Waals surface area contributed by atoms with Gasteiger partial charge in [-0.05, 0) is 0 Å². The number of aromatic amines is 1. The predicted molar refractivity (Wildman–Crippen MR) is 59.7 cm³/mol. The monoisotopic (exact) mass is 224 g/mol. The third kappa shape index (κ3) is 4.22. The molecule has 0 saturated carbocycles. The Morgan fingerprint density at radius 1 is 1.62 bits per heavy atom. The molecule has 0 unspecified atom stereocenters. The van der Waals surface area contributed by atoms with E-state index in [2.05, 4.69) is 15.3 Å². The van der Waals surface area contributed by atoms with Crippen molar-refractivity contribution in [2.24, 2.45) is 5.73 Å². The number of carbonyl (C=O) groups excluding carboxylic acids is 1. The number of primary amides is 1. The van der Waals surface area contributed by atoms with E-state index in [-0.39, 0.29) is 12.0 Å². The van der Waals surface area contributed by atoms with Gasteiger partial charge in [0.2, 0.25) is 5.91 Å². The highest BCUT2D eigenvalue weighted by atomic mass is 16.1. The van der Waals surface area contributed by atoms with Gasteiger partial charge in [0, 0.05) is 18.7 Å². The van der Waals surface area contributed by atoms with Crippen LogP contribution in [0.5, 0.6) is 0 Å². The summed E-state index contributed by atoms with van der Waals surface area (Å²) in [4.78, 5) is 28.6. The Labute approximate surface area is 93.3 Å². The van der Waals surface area contributed by atoms with Crippen molar-refractivity contribution in [3.63, 3.8) is 0 Å². The van der Waals surface area contributed by atoms with E-state index in [1.807, 2.05) is 13.8 Å². The third-order valence-electron chi connectivity index (χ3n) is 1.88. The molecule has 1 amide bonds. The van der Waals surface area contributed by atoms with Crippen LogP contribution in [0.25, 0.3) is 0 Å². The number of H-pyrrole nitrogens is 1. The molecule has 0 spiro atoms. The van der Waals surface area contributed by atoms with Gasteiger partial charge in [0.05, 0.1) is 12.1 Å². The van der Waals surface area contributed by atoms with Gasteiger partial charge >= 0.3 is 0 Å². The summed E-state index contributed by atoms with van der Waals surface area (Å²) in [5.41, 5.74) is 5.36. The highest BCUT2D eigenvalue weighted by Crippen LogP contribution is 1.94. The molecule has 88 valence electrons. The van der Waals surface area contributed by atoms with Crippen LogP contribution >= 0.6 is 0 Å².